The summed E-state index contributed by atoms with van der Waals surface area (Å²) in [6.45, 7) is 4.51. The van der Waals surface area contributed by atoms with Crippen molar-refractivity contribution in [3.05, 3.63) is 59.7 Å². The minimum Gasteiger partial charge on any atom is -0.355 e. The minimum absolute atomic E-state index is 0.00371. The van der Waals surface area contributed by atoms with E-state index < -0.39 is 0 Å². The zero-order chi connectivity index (χ0) is 23.9. The molecule has 2 fully saturated rings. The van der Waals surface area contributed by atoms with E-state index in [0.717, 1.165) is 67.1 Å². The number of aromatic amines is 1. The number of aryl methyl sites for hydroxylation is 1. The lowest BCUT2D eigenvalue weighted by Crippen LogP contribution is -2.38. The summed E-state index contributed by atoms with van der Waals surface area (Å²) in [5, 5.41) is 11.6. The molecule has 3 aromatic heterocycles. The Morgan fingerprint density at radius 3 is 2.89 bits per heavy atom. The zero-order valence-corrected chi connectivity index (χ0v) is 19.8. The molecule has 2 saturated heterocycles. The van der Waals surface area contributed by atoms with Crippen LogP contribution in [-0.2, 0) is 0 Å². The van der Waals surface area contributed by atoms with E-state index in [1.807, 2.05) is 45.9 Å². The summed E-state index contributed by atoms with van der Waals surface area (Å²) in [6.07, 6.45) is 7.39. The Hall–Kier alpha value is -3.79. The van der Waals surface area contributed by atoms with Gasteiger partial charge in [-0.05, 0) is 44.7 Å². The van der Waals surface area contributed by atoms with Gasteiger partial charge in [-0.1, -0.05) is 12.1 Å². The second kappa shape index (κ2) is 8.77. The molecule has 6 rings (SSSR count). The molecule has 1 amide bonds. The van der Waals surface area contributed by atoms with Gasteiger partial charge < -0.3 is 15.5 Å². The number of nitrogens with one attached hydrogen (secondary N) is 1. The molecular weight excluding hydrogens is 442 g/mol. The normalized spacial score (nSPS) is 20.6. The molecule has 2 aliphatic heterocycles. The molecule has 1 aromatic carbocycles. The third-order valence-electron chi connectivity index (χ3n) is 7.05. The Labute approximate surface area is 203 Å². The molecule has 0 spiro atoms. The third-order valence-corrected chi connectivity index (χ3v) is 7.05. The predicted octanol–water partition coefficient (Wildman–Crippen LogP) is 2.73. The highest BCUT2D eigenvalue weighted by Crippen LogP contribution is 2.33. The Bertz CT molecular complexity index is 1360. The number of amides is 1. The van der Waals surface area contributed by atoms with Gasteiger partial charge in [0.05, 0.1) is 11.7 Å². The summed E-state index contributed by atoms with van der Waals surface area (Å²) in [5.74, 6) is 1.62. The molecule has 2 aliphatic rings. The van der Waals surface area contributed by atoms with Crippen LogP contribution in [0.5, 0.6) is 0 Å². The van der Waals surface area contributed by atoms with Gasteiger partial charge in [-0.25, -0.2) is 14.5 Å². The number of anilines is 1. The van der Waals surface area contributed by atoms with Crippen LogP contribution in [0.15, 0.2) is 42.9 Å². The Morgan fingerprint density at radius 2 is 2.09 bits per heavy atom. The molecule has 10 nitrogen and oxygen atoms in total. The molecule has 4 aromatic rings. The first-order valence-electron chi connectivity index (χ1n) is 12.2. The monoisotopic (exact) mass is 471 g/mol. The van der Waals surface area contributed by atoms with Crippen molar-refractivity contribution in [3.8, 4) is 11.4 Å². The van der Waals surface area contributed by atoms with Crippen LogP contribution in [0.3, 0.4) is 0 Å². The van der Waals surface area contributed by atoms with Crippen molar-refractivity contribution in [1.82, 2.24) is 34.7 Å². The lowest BCUT2D eigenvalue weighted by atomic mass is 9.98. The second-order valence-corrected chi connectivity index (χ2v) is 9.54. The number of carbonyl (C=O) groups excluding carboxylic acids is 1. The van der Waals surface area contributed by atoms with Crippen molar-refractivity contribution >= 4 is 17.4 Å². The number of hydrogen-bond donors (Lipinski definition) is 2. The zero-order valence-electron chi connectivity index (χ0n) is 19.8. The fourth-order valence-corrected chi connectivity index (χ4v) is 5.27. The molecule has 0 aliphatic carbocycles. The molecule has 3 N–H and O–H groups in total. The number of hydrogen-bond acceptors (Lipinski definition) is 7. The van der Waals surface area contributed by atoms with Crippen molar-refractivity contribution in [2.75, 3.05) is 24.5 Å². The van der Waals surface area contributed by atoms with Crippen LogP contribution in [0.1, 0.15) is 53.3 Å². The lowest BCUT2D eigenvalue weighted by Gasteiger charge is -2.34. The van der Waals surface area contributed by atoms with E-state index in [0.29, 0.717) is 17.9 Å². The summed E-state index contributed by atoms with van der Waals surface area (Å²) in [4.78, 5) is 27.0. The number of nitrogens with two attached hydrogens (primary N) is 1. The number of H-pyrrole nitrogens is 1. The second-order valence-electron chi connectivity index (χ2n) is 9.54. The SMILES string of the molecule is Cc1cn2nc([C@@H]3CCCCN3C(=O)c3cccc(-c4ncn[nH]4)c3)cc2nc1N1CC[C@H](N)C1. The quantitative estimate of drug-likeness (QED) is 0.469. The molecular formula is C25H29N9O. The van der Waals surface area contributed by atoms with Crippen LogP contribution in [0.2, 0.25) is 0 Å². The number of benzene rings is 1. The maximum Gasteiger partial charge on any atom is 0.254 e. The van der Waals surface area contributed by atoms with Crippen LogP contribution in [0, 0.1) is 6.92 Å². The third kappa shape index (κ3) is 4.03. The fourth-order valence-electron chi connectivity index (χ4n) is 5.27. The van der Waals surface area contributed by atoms with E-state index in [2.05, 4.69) is 27.0 Å². The highest BCUT2D eigenvalue weighted by molar-refractivity contribution is 5.95. The maximum atomic E-state index is 13.6. The van der Waals surface area contributed by atoms with Crippen LogP contribution >= 0.6 is 0 Å². The summed E-state index contributed by atoms with van der Waals surface area (Å²) >= 11 is 0. The number of carbonyl (C=O) groups is 1. The van der Waals surface area contributed by atoms with E-state index in [1.165, 1.54) is 6.33 Å². The van der Waals surface area contributed by atoms with Crippen LogP contribution < -0.4 is 10.6 Å². The van der Waals surface area contributed by atoms with Gasteiger partial charge in [0.2, 0.25) is 0 Å². The molecule has 0 bridgehead atoms. The van der Waals surface area contributed by atoms with E-state index in [4.69, 9.17) is 15.8 Å². The first-order chi connectivity index (χ1) is 17.1. The van der Waals surface area contributed by atoms with Gasteiger partial charge in [-0.3, -0.25) is 9.89 Å². The molecule has 0 saturated carbocycles. The Morgan fingerprint density at radius 1 is 1.17 bits per heavy atom. The van der Waals surface area contributed by atoms with Crippen molar-refractivity contribution in [2.24, 2.45) is 5.73 Å². The number of piperidine rings is 1. The Balaban J connectivity index is 1.31. The van der Waals surface area contributed by atoms with Crippen LogP contribution in [0.25, 0.3) is 17.0 Å². The maximum absolute atomic E-state index is 13.6. The van der Waals surface area contributed by atoms with E-state index in [-0.39, 0.29) is 18.0 Å². The van der Waals surface area contributed by atoms with E-state index in [1.54, 1.807) is 0 Å². The smallest absolute Gasteiger partial charge is 0.254 e. The molecule has 2 atom stereocenters. The molecule has 180 valence electrons. The molecule has 35 heavy (non-hydrogen) atoms. The van der Waals surface area contributed by atoms with Gasteiger partial charge in [0.15, 0.2) is 11.5 Å². The van der Waals surface area contributed by atoms with Crippen molar-refractivity contribution in [2.45, 2.75) is 44.7 Å². The fraction of sp³-hybridized carbons (Fsp3) is 0.400. The van der Waals surface area contributed by atoms with Crippen molar-refractivity contribution in [3.63, 3.8) is 0 Å². The molecule has 5 heterocycles. The van der Waals surface area contributed by atoms with Gasteiger partial charge in [-0.2, -0.15) is 10.2 Å². The standard InChI is InChI=1S/C25H29N9O/c1-16-13-34-22(29-24(16)32-10-8-19(26)14-32)12-20(31-34)21-7-2-3-9-33(21)25(35)18-6-4-5-17(11-18)23-27-15-28-30-23/h4-6,11-13,15,19,21H,2-3,7-10,14,26H2,1H3,(H,27,28,30)/t19-,21-/m0/s1. The number of rotatable bonds is 4. The highest BCUT2D eigenvalue weighted by atomic mass is 16.2. The van der Waals surface area contributed by atoms with E-state index >= 15 is 0 Å². The largest absolute Gasteiger partial charge is 0.355 e. The van der Waals surface area contributed by atoms with E-state index in [9.17, 15) is 4.79 Å². The number of nitrogens with zero attached hydrogens (tertiary/aromatic N) is 7. The minimum atomic E-state index is -0.0872. The lowest BCUT2D eigenvalue weighted by molar-refractivity contribution is 0.0605. The van der Waals surface area contributed by atoms with Gasteiger partial charge in [0.1, 0.15) is 12.1 Å². The summed E-state index contributed by atoms with van der Waals surface area (Å²) in [5.41, 5.74) is 10.3. The van der Waals surface area contributed by atoms with Gasteiger partial charge in [0, 0.05) is 54.6 Å². The predicted molar refractivity (Wildman–Crippen MR) is 132 cm³/mol. The van der Waals surface area contributed by atoms with Crippen LogP contribution in [-0.4, -0.2) is 66.3 Å². The van der Waals surface area contributed by atoms with Gasteiger partial charge >= 0.3 is 0 Å². The van der Waals surface area contributed by atoms with Crippen molar-refractivity contribution in [1.29, 1.82) is 0 Å². The first-order valence-corrected chi connectivity index (χ1v) is 12.2. The summed E-state index contributed by atoms with van der Waals surface area (Å²) < 4.78 is 1.84. The number of fused-ring (bicyclic) bond motifs is 1. The van der Waals surface area contributed by atoms with Gasteiger partial charge in [0.25, 0.3) is 5.91 Å². The summed E-state index contributed by atoms with van der Waals surface area (Å²) in [7, 11) is 0. The molecule has 10 heteroatoms. The first kappa shape index (κ1) is 21.7. The van der Waals surface area contributed by atoms with Crippen LogP contribution in [0.4, 0.5) is 5.82 Å². The Kier molecular flexibility index (Phi) is 5.44. The topological polar surface area (TPSA) is 121 Å². The van der Waals surface area contributed by atoms with Gasteiger partial charge in [-0.15, -0.1) is 0 Å². The van der Waals surface area contributed by atoms with Crippen molar-refractivity contribution < 1.29 is 4.79 Å². The highest BCUT2D eigenvalue weighted by Gasteiger charge is 2.31. The summed E-state index contributed by atoms with van der Waals surface area (Å²) in [6, 6.07) is 9.67. The number of likely N-dealkylation sites (tertiary alicyclic amines) is 1. The molecule has 0 radical (unpaired) electrons. The average molecular weight is 472 g/mol. The average Bonchev–Trinajstić information content (AvgIpc) is 3.64. The number of aromatic nitrogens is 6. The molecule has 0 unspecified atom stereocenters.